The van der Waals surface area contributed by atoms with Crippen LogP contribution in [0.1, 0.15) is 0 Å². The quantitative estimate of drug-likeness (QED) is 0.471. The minimum absolute atomic E-state index is 0. The summed E-state index contributed by atoms with van der Waals surface area (Å²) in [6.07, 6.45) is 0. The molecule has 0 bridgehead atoms. The van der Waals surface area contributed by atoms with Gasteiger partial charge in [0.2, 0.25) is 11.1 Å². The molecule has 0 radical (unpaired) electrons. The molecular formula is CH2F2O2SZn. The number of rotatable bonds is 1. The predicted molar refractivity (Wildman–Crippen MR) is 16.8 cm³/mol. The molecule has 1 unspecified atom stereocenters. The van der Waals surface area contributed by atoms with E-state index in [2.05, 4.69) is 0 Å². The minimum Gasteiger partial charge on any atom is -0.302 e. The predicted octanol–water partition coefficient (Wildman–Crippen LogP) is 0.428. The van der Waals surface area contributed by atoms with Crippen LogP contribution in [0.3, 0.4) is 0 Å². The van der Waals surface area contributed by atoms with E-state index >= 15 is 0 Å². The van der Waals surface area contributed by atoms with Crippen molar-refractivity contribution >= 4 is 11.1 Å². The number of alkyl halides is 2. The Morgan fingerprint density at radius 2 is 1.71 bits per heavy atom. The van der Waals surface area contributed by atoms with Gasteiger partial charge in [0.15, 0.2) is 0 Å². The maximum atomic E-state index is 10.6. The number of hydrogen-bond donors (Lipinski definition) is 1. The first-order valence-corrected chi connectivity index (χ1v) is 2.19. The molecule has 0 aliphatic rings. The molecule has 0 fully saturated rings. The first-order valence-electron chi connectivity index (χ1n) is 1.02. The van der Waals surface area contributed by atoms with E-state index in [1.807, 2.05) is 0 Å². The third kappa shape index (κ3) is 6.59. The van der Waals surface area contributed by atoms with Crippen LogP contribution < -0.4 is 0 Å². The van der Waals surface area contributed by atoms with Crippen LogP contribution in [-0.4, -0.2) is 14.5 Å². The van der Waals surface area contributed by atoms with Crippen molar-refractivity contribution in [1.82, 2.24) is 0 Å². The molecule has 0 saturated carbocycles. The van der Waals surface area contributed by atoms with Crippen molar-refractivity contribution in [1.29, 1.82) is 0 Å². The van der Waals surface area contributed by atoms with Crippen LogP contribution in [0.2, 0.25) is 0 Å². The molecule has 0 heterocycles. The first-order chi connectivity index (χ1) is 2.64. The van der Waals surface area contributed by atoms with Crippen molar-refractivity contribution in [3.05, 3.63) is 0 Å². The first kappa shape index (κ1) is 10.6. The molecule has 0 aromatic carbocycles. The van der Waals surface area contributed by atoms with Crippen LogP contribution in [0.25, 0.3) is 0 Å². The molecule has 40 valence electrons. The zero-order valence-corrected chi connectivity index (χ0v) is 7.09. The van der Waals surface area contributed by atoms with Gasteiger partial charge in [0.1, 0.15) is 0 Å². The molecule has 0 aromatic rings. The fraction of sp³-hybridized carbons (Fsp3) is 1.00. The van der Waals surface area contributed by atoms with Crippen LogP contribution in [0, 0.1) is 0 Å². The fourth-order valence-corrected chi connectivity index (χ4v) is 0. The normalized spacial score (nSPS) is 13.1. The van der Waals surface area contributed by atoms with Crippen molar-refractivity contribution in [2.45, 2.75) is 5.76 Å². The Balaban J connectivity index is 0. The third-order valence-electron chi connectivity index (χ3n) is 0.152. The van der Waals surface area contributed by atoms with Crippen LogP contribution in [0.4, 0.5) is 8.78 Å². The Hall–Kier alpha value is 0.593. The van der Waals surface area contributed by atoms with Gasteiger partial charge < -0.3 is 4.55 Å². The van der Waals surface area contributed by atoms with Crippen molar-refractivity contribution < 1.29 is 37.0 Å². The molecule has 1 N–H and O–H groups in total. The second-order valence-electron chi connectivity index (χ2n) is 0.537. The summed E-state index contributed by atoms with van der Waals surface area (Å²) in [5.74, 6) is -3.12. The van der Waals surface area contributed by atoms with Crippen molar-refractivity contribution in [3.8, 4) is 0 Å². The molecule has 7 heavy (non-hydrogen) atoms. The van der Waals surface area contributed by atoms with Crippen molar-refractivity contribution in [2.75, 3.05) is 0 Å². The molecule has 0 aliphatic carbocycles. The van der Waals surface area contributed by atoms with E-state index in [1.165, 1.54) is 0 Å². The number of hydrogen-bond acceptors (Lipinski definition) is 1. The topological polar surface area (TPSA) is 37.3 Å². The van der Waals surface area contributed by atoms with Gasteiger partial charge in [-0.05, 0) is 0 Å². The molecule has 0 rings (SSSR count). The summed E-state index contributed by atoms with van der Waals surface area (Å²) >= 11 is -2.95. The average Bonchev–Trinajstić information content (AvgIpc) is 1.36. The van der Waals surface area contributed by atoms with Gasteiger partial charge in [-0.1, -0.05) is 0 Å². The standard InChI is InChI=1S/CH2F2O2S.Zn/c2-1(3)6(4)5;/h1H,(H,4,5);. The van der Waals surface area contributed by atoms with E-state index in [0.29, 0.717) is 0 Å². The molecule has 1 atom stereocenters. The second-order valence-corrected chi connectivity index (χ2v) is 1.45. The largest absolute Gasteiger partial charge is 0.336 e. The fourth-order valence-electron chi connectivity index (χ4n) is 0. The Morgan fingerprint density at radius 3 is 1.71 bits per heavy atom. The Bertz CT molecular complexity index is 66.7. The summed E-state index contributed by atoms with van der Waals surface area (Å²) in [6.45, 7) is 0. The summed E-state index contributed by atoms with van der Waals surface area (Å²) in [4.78, 5) is 0. The summed E-state index contributed by atoms with van der Waals surface area (Å²) in [6, 6.07) is 0. The maximum Gasteiger partial charge on any atom is 0.336 e. The van der Waals surface area contributed by atoms with Gasteiger partial charge in [-0.3, -0.25) is 0 Å². The molecular weight excluding hydrogens is 179 g/mol. The van der Waals surface area contributed by atoms with Gasteiger partial charge >= 0.3 is 5.76 Å². The maximum absolute atomic E-state index is 10.6. The average molecular weight is 181 g/mol. The van der Waals surface area contributed by atoms with Crippen LogP contribution in [0.5, 0.6) is 0 Å². The van der Waals surface area contributed by atoms with Gasteiger partial charge in [0.05, 0.1) is 0 Å². The Kier molecular flexibility index (Phi) is 7.15. The Morgan fingerprint density at radius 1 is 1.57 bits per heavy atom. The van der Waals surface area contributed by atoms with Crippen molar-refractivity contribution in [2.24, 2.45) is 0 Å². The van der Waals surface area contributed by atoms with Gasteiger partial charge in [0, 0.05) is 19.5 Å². The van der Waals surface area contributed by atoms with Crippen LogP contribution in [0.15, 0.2) is 0 Å². The molecule has 0 saturated heterocycles. The van der Waals surface area contributed by atoms with Crippen LogP contribution in [-0.2, 0) is 30.6 Å². The number of halogens is 2. The van der Waals surface area contributed by atoms with Gasteiger partial charge in [0.25, 0.3) is 0 Å². The summed E-state index contributed by atoms with van der Waals surface area (Å²) in [5, 5.41) is 0. The summed E-state index contributed by atoms with van der Waals surface area (Å²) in [7, 11) is 0. The summed E-state index contributed by atoms with van der Waals surface area (Å²) in [5.41, 5.74) is 0. The zero-order chi connectivity index (χ0) is 5.15. The van der Waals surface area contributed by atoms with E-state index in [4.69, 9.17) is 8.76 Å². The second kappa shape index (κ2) is 4.75. The van der Waals surface area contributed by atoms with Gasteiger partial charge in [-0.15, -0.1) is 0 Å². The summed E-state index contributed by atoms with van der Waals surface area (Å²) < 4.78 is 37.6. The van der Waals surface area contributed by atoms with Crippen molar-refractivity contribution in [3.63, 3.8) is 0 Å². The molecule has 0 spiro atoms. The van der Waals surface area contributed by atoms with E-state index in [0.717, 1.165) is 0 Å². The minimum atomic E-state index is -3.12. The molecule has 0 aliphatic heterocycles. The Labute approximate surface area is 54.3 Å². The van der Waals surface area contributed by atoms with Crippen LogP contribution >= 0.6 is 0 Å². The van der Waals surface area contributed by atoms with E-state index in [9.17, 15) is 8.78 Å². The molecule has 0 aromatic heterocycles. The van der Waals surface area contributed by atoms with E-state index in [1.54, 1.807) is 0 Å². The van der Waals surface area contributed by atoms with E-state index in [-0.39, 0.29) is 19.5 Å². The monoisotopic (exact) mass is 180 g/mol. The SMILES string of the molecule is O=S(O)C(F)F.[Zn]. The molecule has 6 heteroatoms. The zero-order valence-electron chi connectivity index (χ0n) is 3.30. The third-order valence-corrected chi connectivity index (χ3v) is 0.457. The molecule has 2 nitrogen and oxygen atoms in total. The van der Waals surface area contributed by atoms with Gasteiger partial charge in [-0.25, -0.2) is 4.21 Å². The molecule has 0 amide bonds. The van der Waals surface area contributed by atoms with E-state index < -0.39 is 16.8 Å². The van der Waals surface area contributed by atoms with Gasteiger partial charge in [-0.2, -0.15) is 8.78 Å². The smallest absolute Gasteiger partial charge is 0.302 e.